The van der Waals surface area contributed by atoms with Crippen LogP contribution in [-0.2, 0) is 22.4 Å². The maximum absolute atomic E-state index is 12.6. The minimum Gasteiger partial charge on any atom is -0.339 e. The highest BCUT2D eigenvalue weighted by Crippen LogP contribution is 2.22. The van der Waals surface area contributed by atoms with Crippen molar-refractivity contribution >= 4 is 23.2 Å². The van der Waals surface area contributed by atoms with E-state index in [-0.39, 0.29) is 11.8 Å². The molecule has 1 fully saturated rings. The second-order valence-corrected chi connectivity index (χ2v) is 7.51. The number of amides is 2. The molecule has 6 heteroatoms. The number of aromatic nitrogens is 1. The first-order chi connectivity index (χ1) is 12.0. The van der Waals surface area contributed by atoms with E-state index in [9.17, 15) is 9.59 Å². The van der Waals surface area contributed by atoms with Gasteiger partial charge in [0.2, 0.25) is 11.8 Å². The third kappa shape index (κ3) is 4.45. The van der Waals surface area contributed by atoms with Crippen molar-refractivity contribution in [1.29, 1.82) is 0 Å². The van der Waals surface area contributed by atoms with Crippen LogP contribution in [0.3, 0.4) is 0 Å². The Bertz CT molecular complexity index is 749. The Labute approximate surface area is 152 Å². The first-order valence-corrected chi connectivity index (χ1v) is 9.37. The molecule has 2 heterocycles. The molecule has 25 heavy (non-hydrogen) atoms. The number of thiazole rings is 1. The summed E-state index contributed by atoms with van der Waals surface area (Å²) >= 11 is 1.63. The van der Waals surface area contributed by atoms with Gasteiger partial charge >= 0.3 is 0 Å². The van der Waals surface area contributed by atoms with Crippen LogP contribution in [0.25, 0.3) is 0 Å². The van der Waals surface area contributed by atoms with Crippen molar-refractivity contribution in [3.05, 3.63) is 51.5 Å². The van der Waals surface area contributed by atoms with Crippen LogP contribution >= 0.6 is 11.3 Å². The Hall–Kier alpha value is -2.21. The molecule has 2 amide bonds. The lowest BCUT2D eigenvalue weighted by molar-refractivity contribution is -0.137. The van der Waals surface area contributed by atoms with Crippen LogP contribution in [0, 0.1) is 6.92 Å². The van der Waals surface area contributed by atoms with Crippen molar-refractivity contribution in [2.24, 2.45) is 0 Å². The number of carbonyl (C=O) groups excluding carboxylic acids is 2. The van der Waals surface area contributed by atoms with E-state index in [4.69, 9.17) is 0 Å². The number of aryl methyl sites for hydroxylation is 1. The van der Waals surface area contributed by atoms with Crippen molar-refractivity contribution in [2.75, 3.05) is 26.2 Å². The zero-order valence-corrected chi connectivity index (χ0v) is 15.5. The van der Waals surface area contributed by atoms with E-state index in [1.54, 1.807) is 23.2 Å². The van der Waals surface area contributed by atoms with E-state index >= 15 is 0 Å². The number of rotatable bonds is 4. The van der Waals surface area contributed by atoms with Gasteiger partial charge in [-0.25, -0.2) is 4.98 Å². The largest absolute Gasteiger partial charge is 0.339 e. The smallest absolute Gasteiger partial charge is 0.228 e. The van der Waals surface area contributed by atoms with Gasteiger partial charge in [0.15, 0.2) is 0 Å². The molecule has 0 atom stereocenters. The van der Waals surface area contributed by atoms with Crippen molar-refractivity contribution in [3.63, 3.8) is 0 Å². The van der Waals surface area contributed by atoms with E-state index in [0.717, 1.165) is 22.0 Å². The molecule has 0 N–H and O–H groups in total. The fourth-order valence-electron chi connectivity index (χ4n) is 3.02. The van der Waals surface area contributed by atoms with Gasteiger partial charge < -0.3 is 9.80 Å². The molecule has 0 spiro atoms. The van der Waals surface area contributed by atoms with Gasteiger partial charge in [-0.1, -0.05) is 30.3 Å². The number of hydrogen-bond donors (Lipinski definition) is 0. The first-order valence-electron chi connectivity index (χ1n) is 8.55. The monoisotopic (exact) mass is 357 g/mol. The average molecular weight is 357 g/mol. The molecule has 1 saturated heterocycles. The van der Waals surface area contributed by atoms with Crippen molar-refractivity contribution in [1.82, 2.24) is 14.8 Å². The Morgan fingerprint density at radius 3 is 2.36 bits per heavy atom. The third-order valence-electron chi connectivity index (χ3n) is 4.52. The van der Waals surface area contributed by atoms with Crippen LogP contribution in [0.1, 0.15) is 28.1 Å². The minimum atomic E-state index is 0.0796. The summed E-state index contributed by atoms with van der Waals surface area (Å²) < 4.78 is 0. The van der Waals surface area contributed by atoms with Gasteiger partial charge in [0.25, 0.3) is 0 Å². The average Bonchev–Trinajstić information content (AvgIpc) is 2.95. The Balaban J connectivity index is 1.59. The topological polar surface area (TPSA) is 53.5 Å². The van der Waals surface area contributed by atoms with Crippen LogP contribution in [-0.4, -0.2) is 52.8 Å². The number of carbonyl (C=O) groups is 2. The number of hydrogen-bond acceptors (Lipinski definition) is 4. The summed E-state index contributed by atoms with van der Waals surface area (Å²) in [6.07, 6.45) is 1.20. The fourth-order valence-corrected chi connectivity index (χ4v) is 4.11. The molecule has 0 unspecified atom stereocenters. The van der Waals surface area contributed by atoms with E-state index in [1.165, 1.54) is 5.56 Å². The Morgan fingerprint density at radius 2 is 1.72 bits per heavy atom. The van der Waals surface area contributed by atoms with E-state index < -0.39 is 0 Å². The third-order valence-corrected chi connectivity index (χ3v) is 5.68. The second-order valence-electron chi connectivity index (χ2n) is 6.34. The Kier molecular flexibility index (Phi) is 5.48. The highest BCUT2D eigenvalue weighted by Gasteiger charge is 2.23. The summed E-state index contributed by atoms with van der Waals surface area (Å²) in [5, 5.41) is 1.05. The highest BCUT2D eigenvalue weighted by atomic mass is 32.1. The molecular formula is C19H23N3O2S. The number of benzene rings is 1. The quantitative estimate of drug-likeness (QED) is 0.843. The lowest BCUT2D eigenvalue weighted by Crippen LogP contribution is -2.50. The molecule has 0 radical (unpaired) electrons. The molecule has 0 bridgehead atoms. The van der Waals surface area contributed by atoms with Gasteiger partial charge in [0, 0.05) is 44.4 Å². The molecule has 0 saturated carbocycles. The molecule has 1 aromatic carbocycles. The molecule has 5 nitrogen and oxygen atoms in total. The molecule has 1 aliphatic rings. The van der Waals surface area contributed by atoms with Crippen molar-refractivity contribution < 1.29 is 9.59 Å². The Morgan fingerprint density at radius 1 is 1.08 bits per heavy atom. The minimum absolute atomic E-state index is 0.0796. The zero-order chi connectivity index (χ0) is 17.8. The lowest BCUT2D eigenvalue weighted by Gasteiger charge is -2.34. The van der Waals surface area contributed by atoms with Gasteiger partial charge in [-0.2, -0.15) is 0 Å². The standard InChI is InChI=1S/C19H23N3O2S/c1-14-17(25-18(20-14)12-16-6-4-3-5-7-16)13-19(24)22-10-8-21(9-11-22)15(2)23/h3-7H,8-13H2,1-2H3. The number of piperazine rings is 1. The van der Waals surface area contributed by atoms with Gasteiger partial charge in [-0.3, -0.25) is 9.59 Å². The number of nitrogens with zero attached hydrogens (tertiary/aromatic N) is 3. The predicted molar refractivity (Wildman–Crippen MR) is 98.6 cm³/mol. The summed E-state index contributed by atoms with van der Waals surface area (Å²) in [6.45, 7) is 6.04. The molecule has 1 aromatic heterocycles. The normalized spacial score (nSPS) is 14.6. The lowest BCUT2D eigenvalue weighted by atomic mass is 10.2. The van der Waals surface area contributed by atoms with Crippen LogP contribution in [0.5, 0.6) is 0 Å². The molecule has 1 aliphatic heterocycles. The van der Waals surface area contributed by atoms with Crippen molar-refractivity contribution in [3.8, 4) is 0 Å². The van der Waals surface area contributed by atoms with Crippen LogP contribution in [0.15, 0.2) is 30.3 Å². The zero-order valence-electron chi connectivity index (χ0n) is 14.7. The summed E-state index contributed by atoms with van der Waals surface area (Å²) in [7, 11) is 0. The SMILES string of the molecule is CC(=O)N1CCN(C(=O)Cc2sc(Cc3ccccc3)nc2C)CC1. The maximum atomic E-state index is 12.6. The van der Waals surface area contributed by atoms with Crippen LogP contribution in [0.4, 0.5) is 0 Å². The van der Waals surface area contributed by atoms with Crippen LogP contribution < -0.4 is 0 Å². The fraction of sp³-hybridized carbons (Fsp3) is 0.421. The van der Waals surface area contributed by atoms with Crippen LogP contribution in [0.2, 0.25) is 0 Å². The van der Waals surface area contributed by atoms with E-state index in [1.807, 2.05) is 30.0 Å². The van der Waals surface area contributed by atoms with Gasteiger partial charge in [-0.15, -0.1) is 11.3 Å². The summed E-state index contributed by atoms with van der Waals surface area (Å²) in [5.41, 5.74) is 2.18. The van der Waals surface area contributed by atoms with E-state index in [0.29, 0.717) is 32.6 Å². The molecule has 3 rings (SSSR count). The molecule has 0 aliphatic carbocycles. The van der Waals surface area contributed by atoms with Crippen molar-refractivity contribution in [2.45, 2.75) is 26.7 Å². The summed E-state index contributed by atoms with van der Waals surface area (Å²) in [5.74, 6) is 0.206. The summed E-state index contributed by atoms with van der Waals surface area (Å²) in [4.78, 5) is 33.3. The van der Waals surface area contributed by atoms with Gasteiger partial charge in [0.05, 0.1) is 17.1 Å². The second kappa shape index (κ2) is 7.78. The maximum Gasteiger partial charge on any atom is 0.228 e. The van der Waals surface area contributed by atoms with Gasteiger partial charge in [-0.05, 0) is 12.5 Å². The van der Waals surface area contributed by atoms with E-state index in [2.05, 4.69) is 17.1 Å². The first kappa shape index (κ1) is 17.6. The van der Waals surface area contributed by atoms with Gasteiger partial charge in [0.1, 0.15) is 0 Å². The summed E-state index contributed by atoms with van der Waals surface area (Å²) in [6, 6.07) is 10.3. The molecular weight excluding hydrogens is 334 g/mol. The molecule has 132 valence electrons. The molecule has 2 aromatic rings. The predicted octanol–water partition coefficient (Wildman–Crippen LogP) is 2.28. The highest BCUT2D eigenvalue weighted by molar-refractivity contribution is 7.11.